The number of hydrogen-bond acceptors (Lipinski definition) is 3. The lowest BCUT2D eigenvalue weighted by molar-refractivity contribution is -0.518. The predicted octanol–water partition coefficient (Wildman–Crippen LogP) is 2.40. The molecule has 1 saturated heterocycles. The molecule has 0 aliphatic carbocycles. The summed E-state index contributed by atoms with van der Waals surface area (Å²) < 4.78 is 10.3. The van der Waals surface area contributed by atoms with Crippen molar-refractivity contribution < 1.29 is 9.14 Å². The molecule has 1 aromatic carbocycles. The maximum absolute atomic E-state index is 5.97. The summed E-state index contributed by atoms with van der Waals surface area (Å²) in [5, 5.41) is 8.19. The Morgan fingerprint density at radius 1 is 1.17 bits per heavy atom. The van der Waals surface area contributed by atoms with Crippen LogP contribution in [0.25, 0.3) is 5.65 Å². The largest absolute Gasteiger partial charge is 0.485 e. The number of ether oxygens (including phenoxy) is 1. The van der Waals surface area contributed by atoms with E-state index in [4.69, 9.17) is 10.5 Å². The highest BCUT2D eigenvalue weighted by atomic mass is 16.5. The number of hydrogen-bond donors (Lipinski definition) is 1. The molecule has 1 aliphatic heterocycles. The van der Waals surface area contributed by atoms with Crippen molar-refractivity contribution in [1.82, 2.24) is 9.47 Å². The number of imidazole rings is 1. The molecule has 1 aliphatic rings. The second kappa shape index (κ2) is 8.34. The molecule has 0 bridgehead atoms. The van der Waals surface area contributed by atoms with Gasteiger partial charge >= 0.3 is 0 Å². The first kappa shape index (κ1) is 19.0. The van der Waals surface area contributed by atoms with Gasteiger partial charge in [-0.2, -0.15) is 9.50 Å². The third kappa shape index (κ3) is 4.23. The number of aryl methyl sites for hydroxylation is 2. The van der Waals surface area contributed by atoms with Crippen molar-refractivity contribution in [3.05, 3.63) is 65.6 Å². The number of nitrogens with zero attached hydrogens (tertiary/aromatic N) is 5. The molecule has 150 valence electrons. The van der Waals surface area contributed by atoms with Gasteiger partial charge in [0.15, 0.2) is 12.3 Å². The van der Waals surface area contributed by atoms with Crippen molar-refractivity contribution in [2.45, 2.75) is 26.4 Å². The summed E-state index contributed by atoms with van der Waals surface area (Å²) in [5.41, 5.74) is 10.3. The third-order valence-corrected chi connectivity index (χ3v) is 5.33. The molecular weight excluding hydrogens is 364 g/mol. The zero-order valence-electron chi connectivity index (χ0n) is 17.0. The number of aromatic nitrogens is 2. The van der Waals surface area contributed by atoms with Crippen LogP contribution in [0.15, 0.2) is 58.9 Å². The summed E-state index contributed by atoms with van der Waals surface area (Å²) in [6.45, 7) is 4.53. The van der Waals surface area contributed by atoms with Crippen LogP contribution >= 0.6 is 0 Å². The van der Waals surface area contributed by atoms with E-state index < -0.39 is 0 Å². The van der Waals surface area contributed by atoms with Gasteiger partial charge in [0.05, 0.1) is 13.3 Å². The fraction of sp³-hybridized carbons (Fsp3) is 0.318. The highest BCUT2D eigenvalue weighted by Gasteiger charge is 2.16. The van der Waals surface area contributed by atoms with E-state index in [0.717, 1.165) is 35.7 Å². The van der Waals surface area contributed by atoms with Gasteiger partial charge in [-0.1, -0.05) is 6.07 Å². The molecule has 0 spiro atoms. The zero-order chi connectivity index (χ0) is 20.2. The van der Waals surface area contributed by atoms with Crippen LogP contribution < -0.4 is 14.9 Å². The van der Waals surface area contributed by atoms with Crippen molar-refractivity contribution in [3.63, 3.8) is 0 Å². The Labute approximate surface area is 170 Å². The quantitative estimate of drug-likeness (QED) is 0.314. The van der Waals surface area contributed by atoms with E-state index in [1.54, 1.807) is 6.21 Å². The summed E-state index contributed by atoms with van der Waals surface area (Å²) in [6.07, 6.45) is 6.15. The summed E-state index contributed by atoms with van der Waals surface area (Å²) >= 11 is 0. The molecular formula is C22H27N6O+. The summed E-state index contributed by atoms with van der Waals surface area (Å²) in [7, 11) is 2.06. The summed E-state index contributed by atoms with van der Waals surface area (Å²) in [6, 6.07) is 14.1. The molecule has 0 saturated carbocycles. The number of rotatable bonds is 5. The zero-order valence-corrected chi connectivity index (χ0v) is 17.0. The molecule has 7 nitrogen and oxygen atoms in total. The van der Waals surface area contributed by atoms with E-state index in [1.165, 1.54) is 18.5 Å². The average molecular weight is 391 g/mol. The van der Waals surface area contributed by atoms with Crippen molar-refractivity contribution in [1.29, 1.82) is 0 Å². The van der Waals surface area contributed by atoms with E-state index >= 15 is 0 Å². The smallest absolute Gasteiger partial charge is 0.286 e. The minimum atomic E-state index is 0.488. The molecule has 3 aromatic rings. The Balaban J connectivity index is 1.37. The lowest BCUT2D eigenvalue weighted by Crippen LogP contribution is -2.34. The average Bonchev–Trinajstić information content (AvgIpc) is 3.37. The van der Waals surface area contributed by atoms with Gasteiger partial charge in [-0.05, 0) is 55.7 Å². The number of nitrogens with two attached hydrogens (primary N) is 1. The molecule has 1 fully saturated rings. The molecule has 0 radical (unpaired) electrons. The SMILES string of the molecule is Cc1cccc2n(C)c(COc3ccc(/C=N/N=C(\N)N4CCCC4)cc3)c[n+]12. The maximum Gasteiger partial charge on any atom is 0.286 e. The van der Waals surface area contributed by atoms with Crippen molar-refractivity contribution in [3.8, 4) is 5.75 Å². The van der Waals surface area contributed by atoms with Crippen LogP contribution in [-0.4, -0.2) is 34.7 Å². The van der Waals surface area contributed by atoms with Crippen molar-refractivity contribution in [2.24, 2.45) is 23.0 Å². The van der Waals surface area contributed by atoms with Gasteiger partial charge in [0.1, 0.15) is 17.6 Å². The van der Waals surface area contributed by atoms with Crippen LogP contribution in [0, 0.1) is 6.92 Å². The fourth-order valence-electron chi connectivity index (χ4n) is 3.54. The van der Waals surface area contributed by atoms with Crippen LogP contribution in [0.3, 0.4) is 0 Å². The van der Waals surface area contributed by atoms with E-state index in [0.29, 0.717) is 12.6 Å². The van der Waals surface area contributed by atoms with Gasteiger partial charge in [0, 0.05) is 19.2 Å². The minimum Gasteiger partial charge on any atom is -0.485 e. The third-order valence-electron chi connectivity index (χ3n) is 5.33. The van der Waals surface area contributed by atoms with Crippen LogP contribution in [-0.2, 0) is 13.7 Å². The van der Waals surface area contributed by atoms with E-state index in [9.17, 15) is 0 Å². The van der Waals surface area contributed by atoms with Gasteiger partial charge in [0.25, 0.3) is 5.65 Å². The van der Waals surface area contributed by atoms with Gasteiger partial charge < -0.3 is 15.4 Å². The van der Waals surface area contributed by atoms with Crippen molar-refractivity contribution >= 4 is 17.8 Å². The summed E-state index contributed by atoms with van der Waals surface area (Å²) in [4.78, 5) is 2.06. The number of guanidine groups is 1. The van der Waals surface area contributed by atoms with Crippen LogP contribution in [0.5, 0.6) is 5.75 Å². The lowest BCUT2D eigenvalue weighted by atomic mass is 10.2. The highest BCUT2D eigenvalue weighted by molar-refractivity contribution is 5.82. The standard InChI is InChI=1S/C22H27N6O/c1-17-6-5-7-21-26(2)19(15-28(17)21)16-29-20-10-8-18(9-11-20)14-24-25-22(23)27-12-3-4-13-27/h5-11,14-15H,3-4,12-13,16H2,1-2H3,(H2,23,25)/q+1/b24-14+. The Morgan fingerprint density at radius 2 is 1.93 bits per heavy atom. The lowest BCUT2D eigenvalue weighted by Gasteiger charge is -2.13. The highest BCUT2D eigenvalue weighted by Crippen LogP contribution is 2.14. The topological polar surface area (TPSA) is 72.2 Å². The second-order valence-electron chi connectivity index (χ2n) is 7.33. The molecule has 29 heavy (non-hydrogen) atoms. The number of fused-ring (bicyclic) bond motifs is 1. The Hall–Kier alpha value is -3.35. The Bertz CT molecular complexity index is 1050. The Morgan fingerprint density at radius 3 is 2.66 bits per heavy atom. The number of pyridine rings is 1. The molecule has 0 unspecified atom stereocenters. The fourth-order valence-corrected chi connectivity index (χ4v) is 3.54. The first-order valence-corrected chi connectivity index (χ1v) is 9.92. The molecule has 2 aromatic heterocycles. The Kier molecular flexibility index (Phi) is 5.46. The maximum atomic E-state index is 5.97. The van der Waals surface area contributed by atoms with Crippen molar-refractivity contribution in [2.75, 3.05) is 13.1 Å². The minimum absolute atomic E-state index is 0.488. The van der Waals surface area contributed by atoms with E-state index in [2.05, 4.69) is 62.4 Å². The molecule has 4 rings (SSSR count). The molecule has 3 heterocycles. The van der Waals surface area contributed by atoms with Gasteiger partial charge in [-0.3, -0.25) is 0 Å². The monoisotopic (exact) mass is 391 g/mol. The molecule has 0 atom stereocenters. The first-order valence-electron chi connectivity index (χ1n) is 9.92. The van der Waals surface area contributed by atoms with Gasteiger partial charge in [-0.25, -0.2) is 4.57 Å². The number of likely N-dealkylation sites (tertiary alicyclic amines) is 1. The molecule has 7 heteroatoms. The number of benzene rings is 1. The molecule has 2 N–H and O–H groups in total. The van der Waals surface area contributed by atoms with Gasteiger partial charge in [0.2, 0.25) is 5.96 Å². The predicted molar refractivity (Wildman–Crippen MR) is 114 cm³/mol. The van der Waals surface area contributed by atoms with Crippen LogP contribution in [0.4, 0.5) is 0 Å². The first-order chi connectivity index (χ1) is 14.1. The van der Waals surface area contributed by atoms with E-state index in [-0.39, 0.29) is 0 Å². The van der Waals surface area contributed by atoms with Crippen LogP contribution in [0.2, 0.25) is 0 Å². The van der Waals surface area contributed by atoms with E-state index in [1.807, 2.05) is 24.3 Å². The van der Waals surface area contributed by atoms with Gasteiger partial charge in [-0.15, -0.1) is 5.10 Å². The second-order valence-corrected chi connectivity index (χ2v) is 7.33. The molecule has 0 amide bonds. The van der Waals surface area contributed by atoms with Crippen LogP contribution in [0.1, 0.15) is 29.8 Å². The normalized spacial score (nSPS) is 15.0. The summed E-state index contributed by atoms with van der Waals surface area (Å²) in [5.74, 6) is 1.30.